The Balaban J connectivity index is 3.37. The van der Waals surface area contributed by atoms with Gasteiger partial charge < -0.3 is 20.3 Å². The van der Waals surface area contributed by atoms with Crippen LogP contribution in [0, 0.1) is 0 Å². The first-order chi connectivity index (χ1) is 36.5. The van der Waals surface area contributed by atoms with Crippen LogP contribution in [0.15, 0.2) is 24.3 Å². The summed E-state index contributed by atoms with van der Waals surface area (Å²) in [6, 6.07) is -0.541. The molecule has 0 aromatic carbocycles. The van der Waals surface area contributed by atoms with Gasteiger partial charge in [-0.1, -0.05) is 334 Å². The van der Waals surface area contributed by atoms with Gasteiger partial charge in [0, 0.05) is 12.8 Å². The van der Waals surface area contributed by atoms with Gasteiger partial charge >= 0.3 is 5.97 Å². The smallest absolute Gasteiger partial charge is 0.305 e. The molecule has 0 aromatic rings. The molecule has 6 heteroatoms. The number of carbonyl (C=O) groups is 2. The lowest BCUT2D eigenvalue weighted by molar-refractivity contribution is -0.143. The number of allylic oxidation sites excluding steroid dienone is 4. The Morgan fingerprint density at radius 1 is 0.378 bits per heavy atom. The lowest BCUT2D eigenvalue weighted by Gasteiger charge is -2.22. The van der Waals surface area contributed by atoms with Crippen LogP contribution in [-0.4, -0.2) is 47.4 Å². The summed E-state index contributed by atoms with van der Waals surface area (Å²) in [6.07, 6.45) is 79.2. The summed E-state index contributed by atoms with van der Waals surface area (Å²) in [5.74, 6) is -0.0293. The fourth-order valence-corrected chi connectivity index (χ4v) is 10.6. The van der Waals surface area contributed by atoms with E-state index in [-0.39, 0.29) is 18.5 Å². The molecule has 0 bridgehead atoms. The second-order valence-electron chi connectivity index (χ2n) is 23.2. The molecule has 3 N–H and O–H groups in total. The van der Waals surface area contributed by atoms with Crippen LogP contribution in [0.1, 0.15) is 373 Å². The number of ether oxygens (including phenoxy) is 1. The van der Waals surface area contributed by atoms with Crippen molar-refractivity contribution in [1.82, 2.24) is 5.32 Å². The highest BCUT2D eigenvalue weighted by Crippen LogP contribution is 2.19. The quantitative estimate of drug-likeness (QED) is 0.0320. The lowest BCUT2D eigenvalue weighted by atomic mass is 10.0. The van der Waals surface area contributed by atoms with Crippen LogP contribution >= 0.6 is 0 Å². The molecule has 0 radical (unpaired) electrons. The van der Waals surface area contributed by atoms with Gasteiger partial charge in [-0.25, -0.2) is 0 Å². The van der Waals surface area contributed by atoms with Gasteiger partial charge in [-0.05, 0) is 51.4 Å². The highest BCUT2D eigenvalue weighted by atomic mass is 16.5. The number of hydrogen-bond donors (Lipinski definition) is 3. The Bertz CT molecular complexity index is 1150. The Hall–Kier alpha value is -1.66. The maximum absolute atomic E-state index is 12.5. The third-order valence-electron chi connectivity index (χ3n) is 15.7. The zero-order chi connectivity index (χ0) is 53.6. The largest absolute Gasteiger partial charge is 0.466 e. The first kappa shape index (κ1) is 72.3. The van der Waals surface area contributed by atoms with E-state index in [1.54, 1.807) is 0 Å². The zero-order valence-corrected chi connectivity index (χ0v) is 50.1. The van der Waals surface area contributed by atoms with E-state index < -0.39 is 12.1 Å². The Morgan fingerprint density at radius 3 is 1.08 bits per heavy atom. The van der Waals surface area contributed by atoms with E-state index in [1.807, 2.05) is 0 Å². The molecule has 2 atom stereocenters. The minimum absolute atomic E-state index is 0.000733. The first-order valence-corrected chi connectivity index (χ1v) is 33.6. The topological polar surface area (TPSA) is 95.9 Å². The summed E-state index contributed by atoms with van der Waals surface area (Å²) in [7, 11) is 0. The fourth-order valence-electron chi connectivity index (χ4n) is 10.6. The number of unbranched alkanes of at least 4 members (excludes halogenated alkanes) is 48. The predicted molar refractivity (Wildman–Crippen MR) is 324 cm³/mol. The summed E-state index contributed by atoms with van der Waals surface area (Å²) in [6.45, 7) is 4.92. The Morgan fingerprint density at radius 2 is 0.703 bits per heavy atom. The van der Waals surface area contributed by atoms with Gasteiger partial charge in [0.15, 0.2) is 0 Å². The maximum Gasteiger partial charge on any atom is 0.305 e. The predicted octanol–water partition coefficient (Wildman–Crippen LogP) is 21.4. The van der Waals surface area contributed by atoms with Crippen molar-refractivity contribution in [2.75, 3.05) is 13.2 Å². The van der Waals surface area contributed by atoms with E-state index >= 15 is 0 Å². The number of hydrogen-bond acceptors (Lipinski definition) is 5. The van der Waals surface area contributed by atoms with Crippen LogP contribution in [0.4, 0.5) is 0 Å². The van der Waals surface area contributed by atoms with E-state index in [4.69, 9.17) is 4.74 Å². The minimum Gasteiger partial charge on any atom is -0.466 e. The molecular weight excluding hydrogens is 911 g/mol. The molecule has 0 aliphatic heterocycles. The molecule has 0 fully saturated rings. The highest BCUT2D eigenvalue weighted by Gasteiger charge is 2.20. The van der Waals surface area contributed by atoms with Crippen LogP contribution in [0.3, 0.4) is 0 Å². The second-order valence-corrected chi connectivity index (χ2v) is 23.2. The maximum atomic E-state index is 12.5. The van der Waals surface area contributed by atoms with Gasteiger partial charge in [0.25, 0.3) is 0 Å². The summed E-state index contributed by atoms with van der Waals surface area (Å²) in [5, 5.41) is 23.4. The summed E-state index contributed by atoms with van der Waals surface area (Å²) < 4.78 is 5.47. The van der Waals surface area contributed by atoms with Crippen molar-refractivity contribution in [2.45, 2.75) is 386 Å². The van der Waals surface area contributed by atoms with Crippen molar-refractivity contribution in [3.05, 3.63) is 24.3 Å². The average Bonchev–Trinajstić information content (AvgIpc) is 3.40. The number of amides is 1. The molecule has 0 aromatic heterocycles. The van der Waals surface area contributed by atoms with Crippen LogP contribution < -0.4 is 5.32 Å². The Labute approximate surface area is 462 Å². The number of esters is 1. The summed E-state index contributed by atoms with van der Waals surface area (Å²) in [4.78, 5) is 24.6. The lowest BCUT2D eigenvalue weighted by Crippen LogP contribution is -2.45. The van der Waals surface area contributed by atoms with E-state index in [2.05, 4.69) is 43.5 Å². The van der Waals surface area contributed by atoms with Gasteiger partial charge in [-0.15, -0.1) is 0 Å². The van der Waals surface area contributed by atoms with E-state index in [9.17, 15) is 19.8 Å². The number of carbonyl (C=O) groups excluding carboxylic acids is 2. The number of aliphatic hydroxyl groups is 2. The standard InChI is InChI=1S/C68H131NO5/c1-3-5-7-9-11-13-15-17-18-19-20-27-30-33-37-40-44-48-52-56-60-66(71)65(64-70)69-67(72)61-57-53-49-45-41-38-34-31-28-25-23-21-22-24-26-29-32-35-39-43-47-51-55-59-63-74-68(73)62-58-54-50-46-42-36-16-14-12-10-8-6-4-2/h8,10,14,16,65-66,70-71H,3-7,9,11-13,15,17-64H2,1-2H3,(H,69,72)/b10-8-,16-14-. The molecule has 6 nitrogen and oxygen atoms in total. The van der Waals surface area contributed by atoms with E-state index in [1.165, 1.54) is 289 Å². The first-order valence-electron chi connectivity index (χ1n) is 33.6. The van der Waals surface area contributed by atoms with Crippen LogP contribution in [0.25, 0.3) is 0 Å². The second kappa shape index (κ2) is 63.9. The molecule has 0 rings (SSSR count). The van der Waals surface area contributed by atoms with Crippen molar-refractivity contribution in [3.63, 3.8) is 0 Å². The molecule has 0 aliphatic rings. The molecule has 0 heterocycles. The van der Waals surface area contributed by atoms with Crippen molar-refractivity contribution in [1.29, 1.82) is 0 Å². The van der Waals surface area contributed by atoms with Crippen molar-refractivity contribution >= 4 is 11.9 Å². The van der Waals surface area contributed by atoms with Gasteiger partial charge in [0.2, 0.25) is 5.91 Å². The third-order valence-corrected chi connectivity index (χ3v) is 15.7. The zero-order valence-electron chi connectivity index (χ0n) is 50.1. The molecule has 0 saturated heterocycles. The van der Waals surface area contributed by atoms with Crippen molar-refractivity contribution < 1.29 is 24.5 Å². The number of rotatable bonds is 63. The van der Waals surface area contributed by atoms with Crippen molar-refractivity contribution in [2.24, 2.45) is 0 Å². The average molecular weight is 1040 g/mol. The van der Waals surface area contributed by atoms with Gasteiger partial charge in [-0.3, -0.25) is 9.59 Å². The molecule has 2 unspecified atom stereocenters. The number of aliphatic hydroxyl groups excluding tert-OH is 2. The summed E-state index contributed by atoms with van der Waals surface area (Å²) >= 11 is 0. The van der Waals surface area contributed by atoms with E-state index in [0.717, 1.165) is 51.4 Å². The highest BCUT2D eigenvalue weighted by molar-refractivity contribution is 5.76. The summed E-state index contributed by atoms with van der Waals surface area (Å²) in [5.41, 5.74) is 0. The van der Waals surface area contributed by atoms with Crippen LogP contribution in [0.2, 0.25) is 0 Å². The number of nitrogens with one attached hydrogen (secondary N) is 1. The van der Waals surface area contributed by atoms with Gasteiger partial charge in [0.05, 0.1) is 25.4 Å². The van der Waals surface area contributed by atoms with Crippen LogP contribution in [-0.2, 0) is 14.3 Å². The van der Waals surface area contributed by atoms with Crippen LogP contribution in [0.5, 0.6) is 0 Å². The third kappa shape index (κ3) is 59.6. The van der Waals surface area contributed by atoms with Gasteiger partial charge in [0.1, 0.15) is 0 Å². The molecule has 0 aliphatic carbocycles. The van der Waals surface area contributed by atoms with Gasteiger partial charge in [-0.2, -0.15) is 0 Å². The fraction of sp³-hybridized carbons (Fsp3) is 0.912. The molecule has 1 amide bonds. The minimum atomic E-state index is -0.664. The molecule has 438 valence electrons. The molecule has 0 spiro atoms. The van der Waals surface area contributed by atoms with Crippen molar-refractivity contribution in [3.8, 4) is 0 Å². The van der Waals surface area contributed by atoms with E-state index in [0.29, 0.717) is 25.9 Å². The normalized spacial score (nSPS) is 12.6. The monoisotopic (exact) mass is 1040 g/mol. The molecule has 0 saturated carbocycles. The SMILES string of the molecule is CCC/C=C\C/C=C\CCCCCCCC(=O)OCCCCCCCCCCCCCCCCCCCCCCCCCCC(=O)NC(CO)C(O)CCCCCCCCCCCCCCCCCCCCCC. The molecule has 74 heavy (non-hydrogen) atoms. The molecular formula is C68H131NO5. The Kier molecular flexibility index (Phi) is 62.4.